The van der Waals surface area contributed by atoms with Gasteiger partial charge < -0.3 is 5.32 Å². The molecule has 0 radical (unpaired) electrons. The van der Waals surface area contributed by atoms with Crippen LogP contribution in [0.1, 0.15) is 13.8 Å². The summed E-state index contributed by atoms with van der Waals surface area (Å²) < 4.78 is 0.809. The zero-order valence-electron chi connectivity index (χ0n) is 10.9. The molecule has 2 rings (SSSR count). The van der Waals surface area contributed by atoms with E-state index in [0.29, 0.717) is 16.4 Å². The largest absolute Gasteiger partial charge is 0.324 e. The first-order chi connectivity index (χ1) is 9.40. The summed E-state index contributed by atoms with van der Waals surface area (Å²) in [6.45, 7) is 3.76. The van der Waals surface area contributed by atoms with E-state index >= 15 is 0 Å². The topological polar surface area (TPSA) is 70.6 Å². The molecule has 1 aromatic carbocycles. The Morgan fingerprint density at radius 1 is 1.50 bits per heavy atom. The Kier molecular flexibility index (Phi) is 4.45. The third kappa shape index (κ3) is 3.02. The number of rotatable bonds is 3. The molecule has 1 aliphatic rings. The summed E-state index contributed by atoms with van der Waals surface area (Å²) in [5.74, 6) is -1.75. The van der Waals surface area contributed by atoms with Crippen molar-refractivity contribution in [3.8, 4) is 0 Å². The molecule has 1 atom stereocenters. The second-order valence-corrected chi connectivity index (χ2v) is 6.04. The van der Waals surface area contributed by atoms with Gasteiger partial charge in [-0.3, -0.25) is 9.59 Å². The summed E-state index contributed by atoms with van der Waals surface area (Å²) in [6.07, 6.45) is 0. The molecule has 2 amide bonds. The fourth-order valence-corrected chi connectivity index (χ4v) is 2.62. The Balaban J connectivity index is 2.19. The summed E-state index contributed by atoms with van der Waals surface area (Å²) >= 11 is 9.33. The highest BCUT2D eigenvalue weighted by Crippen LogP contribution is 2.26. The Labute approximate surface area is 129 Å². The van der Waals surface area contributed by atoms with Crippen LogP contribution in [0.5, 0.6) is 0 Å². The maximum Gasteiger partial charge on any atom is 0.258 e. The molecule has 2 N–H and O–H groups in total. The molecule has 106 valence electrons. The number of anilines is 1. The van der Waals surface area contributed by atoms with Crippen LogP contribution in [-0.4, -0.2) is 17.5 Å². The molecule has 0 spiro atoms. The van der Waals surface area contributed by atoms with Gasteiger partial charge in [-0.05, 0) is 24.1 Å². The van der Waals surface area contributed by atoms with Gasteiger partial charge in [0.1, 0.15) is 0 Å². The molecular weight excluding hydrogens is 346 g/mol. The van der Waals surface area contributed by atoms with Gasteiger partial charge in [0.2, 0.25) is 5.91 Å². The zero-order chi connectivity index (χ0) is 14.9. The summed E-state index contributed by atoms with van der Waals surface area (Å²) in [5.41, 5.74) is 3.33. The van der Waals surface area contributed by atoms with Gasteiger partial charge in [-0.25, -0.2) is 5.43 Å². The van der Waals surface area contributed by atoms with Crippen molar-refractivity contribution in [1.82, 2.24) is 5.43 Å². The van der Waals surface area contributed by atoms with Crippen molar-refractivity contribution in [2.45, 2.75) is 13.8 Å². The lowest BCUT2D eigenvalue weighted by Crippen LogP contribution is -2.36. The van der Waals surface area contributed by atoms with E-state index in [1.165, 1.54) is 0 Å². The second kappa shape index (κ2) is 5.93. The van der Waals surface area contributed by atoms with E-state index in [4.69, 9.17) is 11.6 Å². The number of hydrazone groups is 1. The predicted molar refractivity (Wildman–Crippen MR) is 81.7 cm³/mol. The van der Waals surface area contributed by atoms with Crippen molar-refractivity contribution in [3.63, 3.8) is 0 Å². The average molecular weight is 359 g/mol. The van der Waals surface area contributed by atoms with E-state index in [2.05, 4.69) is 31.8 Å². The summed E-state index contributed by atoms with van der Waals surface area (Å²) in [6, 6.07) is 5.10. The molecule has 1 unspecified atom stereocenters. The van der Waals surface area contributed by atoms with Crippen molar-refractivity contribution in [2.75, 3.05) is 5.32 Å². The monoisotopic (exact) mass is 357 g/mol. The Bertz CT molecular complexity index is 601. The number of nitrogens with one attached hydrogen (secondary N) is 2. The van der Waals surface area contributed by atoms with Gasteiger partial charge in [0.15, 0.2) is 5.92 Å². The van der Waals surface area contributed by atoms with Gasteiger partial charge in [-0.1, -0.05) is 41.4 Å². The normalized spacial score (nSPS) is 17.9. The molecule has 1 heterocycles. The number of carbonyl (C=O) groups is 2. The van der Waals surface area contributed by atoms with Crippen LogP contribution >= 0.6 is 27.5 Å². The number of benzene rings is 1. The van der Waals surface area contributed by atoms with Crippen molar-refractivity contribution in [2.24, 2.45) is 16.9 Å². The number of amides is 2. The van der Waals surface area contributed by atoms with Crippen LogP contribution in [0.15, 0.2) is 27.8 Å². The SMILES string of the molecule is CC(C)C1=NNC(=O)C1C(=O)Nc1ccc(Br)cc1Cl. The van der Waals surface area contributed by atoms with Crippen molar-refractivity contribution in [3.05, 3.63) is 27.7 Å². The summed E-state index contributed by atoms with van der Waals surface area (Å²) in [7, 11) is 0. The van der Waals surface area contributed by atoms with Crippen LogP contribution in [0.3, 0.4) is 0 Å². The van der Waals surface area contributed by atoms with Gasteiger partial charge in [-0.15, -0.1) is 0 Å². The van der Waals surface area contributed by atoms with Crippen LogP contribution < -0.4 is 10.7 Å². The second-order valence-electron chi connectivity index (χ2n) is 4.71. The molecule has 1 aromatic rings. The predicted octanol–water partition coefficient (Wildman–Crippen LogP) is 2.80. The highest BCUT2D eigenvalue weighted by molar-refractivity contribution is 9.10. The van der Waals surface area contributed by atoms with Crippen molar-refractivity contribution in [1.29, 1.82) is 0 Å². The molecule has 0 saturated heterocycles. The first kappa shape index (κ1) is 15.0. The lowest BCUT2D eigenvalue weighted by molar-refractivity contribution is -0.128. The minimum atomic E-state index is -0.908. The maximum absolute atomic E-state index is 12.3. The summed E-state index contributed by atoms with van der Waals surface area (Å²) in [4.78, 5) is 24.0. The van der Waals surface area contributed by atoms with E-state index in [0.717, 1.165) is 4.47 Å². The van der Waals surface area contributed by atoms with Gasteiger partial charge in [0.05, 0.1) is 16.4 Å². The van der Waals surface area contributed by atoms with Crippen molar-refractivity contribution >= 4 is 50.7 Å². The molecule has 0 aliphatic carbocycles. The van der Waals surface area contributed by atoms with Crippen LogP contribution in [-0.2, 0) is 9.59 Å². The number of nitrogens with zero attached hydrogens (tertiary/aromatic N) is 1. The van der Waals surface area contributed by atoms with Gasteiger partial charge >= 0.3 is 0 Å². The first-order valence-corrected chi connectivity index (χ1v) is 7.20. The maximum atomic E-state index is 12.3. The third-order valence-corrected chi connectivity index (χ3v) is 3.70. The van der Waals surface area contributed by atoms with E-state index in [-0.39, 0.29) is 5.92 Å². The Hall–Kier alpha value is -1.40. The molecular formula is C13H13BrClN3O2. The number of carbonyl (C=O) groups excluding carboxylic acids is 2. The fraction of sp³-hybridized carbons (Fsp3) is 0.308. The van der Waals surface area contributed by atoms with Gasteiger partial charge in [-0.2, -0.15) is 5.10 Å². The van der Waals surface area contributed by atoms with Gasteiger partial charge in [0.25, 0.3) is 5.91 Å². The molecule has 0 saturated carbocycles. The zero-order valence-corrected chi connectivity index (χ0v) is 13.2. The van der Waals surface area contributed by atoms with E-state index in [9.17, 15) is 9.59 Å². The number of halogens is 2. The van der Waals surface area contributed by atoms with Crippen LogP contribution in [0.4, 0.5) is 5.69 Å². The van der Waals surface area contributed by atoms with E-state index < -0.39 is 17.7 Å². The van der Waals surface area contributed by atoms with E-state index in [1.54, 1.807) is 18.2 Å². The highest BCUT2D eigenvalue weighted by Gasteiger charge is 2.37. The lowest BCUT2D eigenvalue weighted by atomic mass is 9.94. The molecule has 7 heteroatoms. The number of hydrogen-bond acceptors (Lipinski definition) is 3. The van der Waals surface area contributed by atoms with Crippen LogP contribution in [0, 0.1) is 11.8 Å². The molecule has 1 aliphatic heterocycles. The fourth-order valence-electron chi connectivity index (χ4n) is 1.89. The van der Waals surface area contributed by atoms with Crippen LogP contribution in [0.25, 0.3) is 0 Å². The van der Waals surface area contributed by atoms with Gasteiger partial charge in [0, 0.05) is 4.47 Å². The minimum Gasteiger partial charge on any atom is -0.324 e. The lowest BCUT2D eigenvalue weighted by Gasteiger charge is -2.14. The standard InChI is InChI=1S/C13H13BrClN3O2/c1-6(2)11-10(13(20)18-17-11)12(19)16-9-4-3-7(14)5-8(9)15/h3-6,10H,1-2H3,(H,16,19)(H,18,20). The molecule has 20 heavy (non-hydrogen) atoms. The Morgan fingerprint density at radius 2 is 2.20 bits per heavy atom. The molecule has 0 bridgehead atoms. The quantitative estimate of drug-likeness (QED) is 0.816. The Morgan fingerprint density at radius 3 is 2.80 bits per heavy atom. The van der Waals surface area contributed by atoms with Crippen LogP contribution in [0.2, 0.25) is 5.02 Å². The number of hydrogen-bond donors (Lipinski definition) is 2. The third-order valence-electron chi connectivity index (χ3n) is 2.90. The highest BCUT2D eigenvalue weighted by atomic mass is 79.9. The minimum absolute atomic E-state index is 0.00471. The van der Waals surface area contributed by atoms with E-state index in [1.807, 2.05) is 13.8 Å². The molecule has 0 aromatic heterocycles. The smallest absolute Gasteiger partial charge is 0.258 e. The first-order valence-electron chi connectivity index (χ1n) is 6.03. The summed E-state index contributed by atoms with van der Waals surface area (Å²) in [5, 5.41) is 6.97. The van der Waals surface area contributed by atoms with Crippen molar-refractivity contribution < 1.29 is 9.59 Å². The molecule has 5 nitrogen and oxygen atoms in total. The molecule has 0 fully saturated rings. The average Bonchev–Trinajstić information content (AvgIpc) is 2.75.